The van der Waals surface area contributed by atoms with Crippen molar-refractivity contribution in [1.82, 2.24) is 0 Å². The SMILES string of the molecule is C=CCOc1c(I)cc(/C=C(\C#N)C(=O)Nc2cccc(C(F)(F)F)c2)cc1OC. The van der Waals surface area contributed by atoms with Crippen LogP contribution >= 0.6 is 22.6 Å². The summed E-state index contributed by atoms with van der Waals surface area (Å²) in [6.07, 6.45) is -1.66. The maximum absolute atomic E-state index is 12.8. The van der Waals surface area contributed by atoms with Crippen LogP contribution in [0.1, 0.15) is 11.1 Å². The van der Waals surface area contributed by atoms with E-state index in [2.05, 4.69) is 11.9 Å². The van der Waals surface area contributed by atoms with Gasteiger partial charge in [0.05, 0.1) is 16.2 Å². The standard InChI is InChI=1S/C21H16F3IN2O3/c1-3-7-30-19-17(25)9-13(10-18(19)29-2)8-14(12-26)20(28)27-16-6-4-5-15(11-16)21(22,23)24/h3-6,8-11H,1,7H2,2H3,(H,27,28)/b14-8+. The third kappa shape index (κ3) is 6.00. The van der Waals surface area contributed by atoms with Crippen LogP contribution in [0.25, 0.3) is 6.08 Å². The molecular formula is C21H16F3IN2O3. The summed E-state index contributed by atoms with van der Waals surface area (Å²) in [7, 11) is 1.45. The van der Waals surface area contributed by atoms with Gasteiger partial charge in [-0.15, -0.1) is 0 Å². The number of carbonyl (C=O) groups is 1. The van der Waals surface area contributed by atoms with Crippen molar-refractivity contribution in [3.05, 3.63) is 69.3 Å². The predicted molar refractivity (Wildman–Crippen MR) is 115 cm³/mol. The molecule has 2 aromatic carbocycles. The molecule has 156 valence electrons. The van der Waals surface area contributed by atoms with Crippen LogP contribution in [0, 0.1) is 14.9 Å². The Morgan fingerprint density at radius 2 is 2.07 bits per heavy atom. The number of anilines is 1. The van der Waals surface area contributed by atoms with Gasteiger partial charge in [-0.25, -0.2) is 0 Å². The Bertz CT molecular complexity index is 1030. The van der Waals surface area contributed by atoms with E-state index in [1.807, 2.05) is 22.6 Å². The number of ether oxygens (including phenoxy) is 2. The van der Waals surface area contributed by atoms with Crippen LogP contribution in [-0.2, 0) is 11.0 Å². The van der Waals surface area contributed by atoms with Gasteiger partial charge >= 0.3 is 6.18 Å². The molecule has 2 rings (SSSR count). The first-order chi connectivity index (χ1) is 14.2. The maximum Gasteiger partial charge on any atom is 0.416 e. The number of hydrogen-bond donors (Lipinski definition) is 1. The highest BCUT2D eigenvalue weighted by atomic mass is 127. The molecule has 0 aromatic heterocycles. The molecule has 0 atom stereocenters. The number of alkyl halides is 3. The lowest BCUT2D eigenvalue weighted by molar-refractivity contribution is -0.137. The van der Waals surface area contributed by atoms with Gasteiger partial charge in [0.25, 0.3) is 5.91 Å². The Morgan fingerprint density at radius 3 is 2.67 bits per heavy atom. The molecule has 0 bridgehead atoms. The first-order valence-electron chi connectivity index (χ1n) is 8.41. The Balaban J connectivity index is 2.31. The highest BCUT2D eigenvalue weighted by Gasteiger charge is 2.30. The molecule has 0 saturated carbocycles. The monoisotopic (exact) mass is 528 g/mol. The average Bonchev–Trinajstić information content (AvgIpc) is 2.70. The van der Waals surface area contributed by atoms with Gasteiger partial charge in [0.1, 0.15) is 18.2 Å². The summed E-state index contributed by atoms with van der Waals surface area (Å²) < 4.78 is 50.0. The highest BCUT2D eigenvalue weighted by molar-refractivity contribution is 14.1. The van der Waals surface area contributed by atoms with E-state index >= 15 is 0 Å². The van der Waals surface area contributed by atoms with Crippen LogP contribution in [0.4, 0.5) is 18.9 Å². The molecule has 0 spiro atoms. The minimum absolute atomic E-state index is 0.0729. The third-order valence-corrected chi connectivity index (χ3v) is 4.52. The number of halogens is 4. The lowest BCUT2D eigenvalue weighted by atomic mass is 10.1. The summed E-state index contributed by atoms with van der Waals surface area (Å²) in [5.41, 5.74) is -0.781. The van der Waals surface area contributed by atoms with Crippen LogP contribution < -0.4 is 14.8 Å². The molecule has 0 aliphatic heterocycles. The number of amides is 1. The molecule has 0 heterocycles. The Kier molecular flexibility index (Phi) is 7.88. The van der Waals surface area contributed by atoms with E-state index in [0.29, 0.717) is 20.6 Å². The summed E-state index contributed by atoms with van der Waals surface area (Å²) >= 11 is 2.02. The zero-order valence-corrected chi connectivity index (χ0v) is 17.9. The van der Waals surface area contributed by atoms with Gasteiger partial charge in [0, 0.05) is 5.69 Å². The van der Waals surface area contributed by atoms with Crippen LogP contribution in [0.5, 0.6) is 11.5 Å². The fourth-order valence-corrected chi connectivity index (χ4v) is 3.17. The molecule has 1 amide bonds. The van der Waals surface area contributed by atoms with Gasteiger partial charge in [0.15, 0.2) is 11.5 Å². The van der Waals surface area contributed by atoms with E-state index in [1.54, 1.807) is 24.3 Å². The molecule has 2 aromatic rings. The smallest absolute Gasteiger partial charge is 0.416 e. The predicted octanol–water partition coefficient (Wildman–Crippen LogP) is 5.43. The topological polar surface area (TPSA) is 71.3 Å². The molecule has 0 radical (unpaired) electrons. The van der Waals surface area contributed by atoms with E-state index in [1.165, 1.54) is 25.3 Å². The summed E-state index contributed by atoms with van der Waals surface area (Å²) in [5.74, 6) is 0.0467. The number of benzene rings is 2. The van der Waals surface area contributed by atoms with Crippen LogP contribution in [0.15, 0.2) is 54.6 Å². The summed E-state index contributed by atoms with van der Waals surface area (Å²) in [4.78, 5) is 12.4. The fourth-order valence-electron chi connectivity index (χ4n) is 2.39. The highest BCUT2D eigenvalue weighted by Crippen LogP contribution is 2.35. The molecule has 0 aliphatic carbocycles. The van der Waals surface area contributed by atoms with Crippen molar-refractivity contribution in [2.24, 2.45) is 0 Å². The number of nitrogens with one attached hydrogen (secondary N) is 1. The molecule has 0 aliphatic rings. The number of nitrogens with zero attached hydrogens (tertiary/aromatic N) is 1. The van der Waals surface area contributed by atoms with Gasteiger partial charge in [-0.2, -0.15) is 18.4 Å². The van der Waals surface area contributed by atoms with Gasteiger partial charge in [-0.1, -0.05) is 18.7 Å². The van der Waals surface area contributed by atoms with Crippen LogP contribution in [-0.4, -0.2) is 19.6 Å². The third-order valence-electron chi connectivity index (χ3n) is 3.72. The largest absolute Gasteiger partial charge is 0.493 e. The molecule has 0 unspecified atom stereocenters. The lowest BCUT2D eigenvalue weighted by Gasteiger charge is -2.12. The second kappa shape index (κ2) is 10.2. The number of rotatable bonds is 7. The summed E-state index contributed by atoms with van der Waals surface area (Å²) in [6, 6.07) is 9.18. The molecule has 5 nitrogen and oxygen atoms in total. The molecule has 0 fully saturated rings. The maximum atomic E-state index is 12.8. The van der Waals surface area contributed by atoms with Gasteiger partial charge in [-0.05, 0) is 64.6 Å². The average molecular weight is 528 g/mol. The second-order valence-electron chi connectivity index (χ2n) is 5.84. The molecular weight excluding hydrogens is 512 g/mol. The van der Waals surface area contributed by atoms with E-state index in [-0.39, 0.29) is 17.9 Å². The zero-order chi connectivity index (χ0) is 22.3. The van der Waals surface area contributed by atoms with Crippen molar-refractivity contribution < 1.29 is 27.4 Å². The quantitative estimate of drug-likeness (QED) is 0.225. The van der Waals surface area contributed by atoms with Crippen molar-refractivity contribution in [1.29, 1.82) is 5.26 Å². The minimum atomic E-state index is -4.54. The van der Waals surface area contributed by atoms with E-state index in [4.69, 9.17) is 9.47 Å². The number of nitriles is 1. The minimum Gasteiger partial charge on any atom is -0.493 e. The molecule has 0 saturated heterocycles. The first-order valence-corrected chi connectivity index (χ1v) is 9.49. The number of carbonyl (C=O) groups excluding carboxylic acids is 1. The van der Waals surface area contributed by atoms with Crippen molar-refractivity contribution in [2.45, 2.75) is 6.18 Å². The lowest BCUT2D eigenvalue weighted by Crippen LogP contribution is -2.14. The normalized spacial score (nSPS) is 11.4. The Morgan fingerprint density at radius 1 is 1.33 bits per heavy atom. The van der Waals surface area contributed by atoms with E-state index in [0.717, 1.165) is 12.1 Å². The van der Waals surface area contributed by atoms with Crippen molar-refractivity contribution in [2.75, 3.05) is 19.0 Å². The van der Waals surface area contributed by atoms with Crippen LogP contribution in [0.3, 0.4) is 0 Å². The van der Waals surface area contributed by atoms with Crippen molar-refractivity contribution in [3.63, 3.8) is 0 Å². The molecule has 9 heteroatoms. The van der Waals surface area contributed by atoms with E-state index in [9.17, 15) is 23.2 Å². The van der Waals surface area contributed by atoms with Crippen molar-refractivity contribution in [3.8, 4) is 17.6 Å². The first kappa shape index (κ1) is 23.3. The molecule has 30 heavy (non-hydrogen) atoms. The van der Waals surface area contributed by atoms with Crippen LogP contribution in [0.2, 0.25) is 0 Å². The summed E-state index contributed by atoms with van der Waals surface area (Å²) in [6.45, 7) is 3.85. The molecule has 1 N–H and O–H groups in total. The van der Waals surface area contributed by atoms with Gasteiger partial charge < -0.3 is 14.8 Å². The zero-order valence-electron chi connectivity index (χ0n) is 15.7. The Hall–Kier alpha value is -3.00. The van der Waals surface area contributed by atoms with E-state index < -0.39 is 17.6 Å². The fraction of sp³-hybridized carbons (Fsp3) is 0.143. The van der Waals surface area contributed by atoms with Crippen molar-refractivity contribution >= 4 is 40.3 Å². The van der Waals surface area contributed by atoms with Gasteiger partial charge in [0.2, 0.25) is 0 Å². The number of methoxy groups -OCH3 is 1. The van der Waals surface area contributed by atoms with Gasteiger partial charge in [-0.3, -0.25) is 4.79 Å². The summed E-state index contributed by atoms with van der Waals surface area (Å²) in [5, 5.41) is 11.7. The Labute approximate surface area is 184 Å². The number of hydrogen-bond acceptors (Lipinski definition) is 4. The second-order valence-corrected chi connectivity index (χ2v) is 7.00.